The van der Waals surface area contributed by atoms with Gasteiger partial charge in [0.05, 0.1) is 19.9 Å². The molecule has 8 nitrogen and oxygen atoms in total. The molecule has 1 unspecified atom stereocenters. The van der Waals surface area contributed by atoms with Crippen LogP contribution in [0.5, 0.6) is 11.5 Å². The van der Waals surface area contributed by atoms with Crippen LogP contribution >= 0.6 is 0 Å². The van der Waals surface area contributed by atoms with Crippen molar-refractivity contribution in [2.45, 2.75) is 18.9 Å². The van der Waals surface area contributed by atoms with Gasteiger partial charge < -0.3 is 14.4 Å². The van der Waals surface area contributed by atoms with Gasteiger partial charge in [-0.25, -0.2) is 9.97 Å². The summed E-state index contributed by atoms with van der Waals surface area (Å²) in [5.41, 5.74) is 5.05. The fraction of sp³-hybridized carbons (Fsp3) is 0.455. The van der Waals surface area contributed by atoms with E-state index in [0.29, 0.717) is 5.75 Å². The minimum Gasteiger partial charge on any atom is -0.493 e. The number of hydrogen-bond acceptors (Lipinski definition) is 8. The van der Waals surface area contributed by atoms with Gasteiger partial charge >= 0.3 is 0 Å². The van der Waals surface area contributed by atoms with E-state index in [9.17, 15) is 0 Å². The van der Waals surface area contributed by atoms with E-state index in [0.717, 1.165) is 68.5 Å². The molecule has 0 amide bonds. The number of rotatable bonds is 8. The Morgan fingerprint density at radius 1 is 1.07 bits per heavy atom. The third kappa shape index (κ3) is 4.83. The summed E-state index contributed by atoms with van der Waals surface area (Å²) in [5, 5.41) is 0. The van der Waals surface area contributed by atoms with Crippen LogP contribution in [0, 0.1) is 0 Å². The van der Waals surface area contributed by atoms with Crippen LogP contribution in [0.15, 0.2) is 42.7 Å². The second-order valence-corrected chi connectivity index (χ2v) is 7.43. The highest BCUT2D eigenvalue weighted by atomic mass is 16.7. The maximum absolute atomic E-state index is 5.76. The minimum atomic E-state index is 0.0760. The molecule has 1 saturated heterocycles. The molecule has 0 bridgehead atoms. The zero-order valence-electron chi connectivity index (χ0n) is 17.6. The lowest BCUT2D eigenvalue weighted by molar-refractivity contribution is 0.0438. The monoisotopic (exact) mass is 411 g/mol. The molecule has 8 heteroatoms. The van der Waals surface area contributed by atoms with Gasteiger partial charge in [-0.05, 0) is 49.7 Å². The number of piperazine rings is 1. The Balaban J connectivity index is 1.22. The molecule has 2 aliphatic rings. The first-order valence-electron chi connectivity index (χ1n) is 10.4. The molecule has 2 aliphatic heterocycles. The molecule has 0 aliphatic carbocycles. The number of ether oxygens (including phenoxy) is 2. The smallest absolute Gasteiger partial charge is 0.225 e. The van der Waals surface area contributed by atoms with Crippen molar-refractivity contribution in [3.05, 3.63) is 48.3 Å². The first-order chi connectivity index (χ1) is 14.8. The number of nitrogens with one attached hydrogen (secondary N) is 1. The number of nitrogens with zero attached hydrogens (tertiary/aromatic N) is 4. The molecule has 160 valence electrons. The topological polar surface area (TPSA) is 72.0 Å². The molecule has 0 spiro atoms. The van der Waals surface area contributed by atoms with Crippen molar-refractivity contribution in [3.63, 3.8) is 0 Å². The van der Waals surface area contributed by atoms with Crippen molar-refractivity contribution in [1.82, 2.24) is 20.3 Å². The number of hydrogen-bond donors (Lipinski definition) is 1. The Morgan fingerprint density at radius 3 is 2.57 bits per heavy atom. The van der Waals surface area contributed by atoms with Gasteiger partial charge in [0.15, 0.2) is 11.5 Å². The molecule has 1 aromatic heterocycles. The summed E-state index contributed by atoms with van der Waals surface area (Å²) in [6, 6.07) is 7.72. The first-order valence-corrected chi connectivity index (χ1v) is 10.4. The lowest BCUT2D eigenvalue weighted by atomic mass is 10.1. The van der Waals surface area contributed by atoms with Crippen LogP contribution in [-0.2, 0) is 4.84 Å². The van der Waals surface area contributed by atoms with Gasteiger partial charge in [0.2, 0.25) is 5.95 Å². The first kappa shape index (κ1) is 20.4. The van der Waals surface area contributed by atoms with E-state index in [1.807, 2.05) is 24.3 Å². The average molecular weight is 412 g/mol. The highest BCUT2D eigenvalue weighted by Gasteiger charge is 2.21. The Bertz CT molecular complexity index is 853. The average Bonchev–Trinajstić information content (AvgIpc) is 3.28. The highest BCUT2D eigenvalue weighted by Crippen LogP contribution is 2.31. The maximum Gasteiger partial charge on any atom is 0.225 e. The Kier molecular flexibility index (Phi) is 6.66. The second kappa shape index (κ2) is 9.77. The summed E-state index contributed by atoms with van der Waals surface area (Å²) < 4.78 is 10.7. The minimum absolute atomic E-state index is 0.0760. The molecular formula is C22H29N5O3. The summed E-state index contributed by atoms with van der Waals surface area (Å²) >= 11 is 0. The SMILES string of the molecule is COc1ccc(C2=CC(CCCN3CCN(c4ncccn4)CC3)ON2)cc1OC. The summed E-state index contributed by atoms with van der Waals surface area (Å²) in [6.07, 6.45) is 7.89. The van der Waals surface area contributed by atoms with E-state index in [4.69, 9.17) is 14.3 Å². The van der Waals surface area contributed by atoms with E-state index >= 15 is 0 Å². The molecular weight excluding hydrogens is 382 g/mol. The zero-order valence-corrected chi connectivity index (χ0v) is 17.6. The number of aromatic nitrogens is 2. The second-order valence-electron chi connectivity index (χ2n) is 7.43. The van der Waals surface area contributed by atoms with Gasteiger partial charge in [-0.2, -0.15) is 0 Å². The molecule has 3 heterocycles. The van der Waals surface area contributed by atoms with Gasteiger partial charge in [-0.15, -0.1) is 0 Å². The highest BCUT2D eigenvalue weighted by molar-refractivity contribution is 5.67. The molecule has 1 atom stereocenters. The lowest BCUT2D eigenvalue weighted by Gasteiger charge is -2.34. The zero-order chi connectivity index (χ0) is 20.8. The van der Waals surface area contributed by atoms with Crippen molar-refractivity contribution < 1.29 is 14.3 Å². The molecule has 4 rings (SSSR count). The largest absolute Gasteiger partial charge is 0.493 e. The summed E-state index contributed by atoms with van der Waals surface area (Å²) in [7, 11) is 3.28. The number of anilines is 1. The molecule has 1 aromatic carbocycles. The standard InChI is InChI=1S/C22H29N5O3/c1-28-20-7-6-17(15-21(20)29-2)19-16-18(30-25-19)5-3-10-26-11-13-27(14-12-26)22-23-8-4-9-24-22/h4,6-9,15-16,18,25H,3,5,10-14H2,1-2H3. The Labute approximate surface area is 177 Å². The number of methoxy groups -OCH3 is 2. The van der Waals surface area contributed by atoms with Gasteiger partial charge in [0.25, 0.3) is 0 Å². The molecule has 0 radical (unpaired) electrons. The normalized spacial score (nSPS) is 19.3. The lowest BCUT2D eigenvalue weighted by Crippen LogP contribution is -2.47. The van der Waals surface area contributed by atoms with E-state index in [1.165, 1.54) is 0 Å². The predicted octanol–water partition coefficient (Wildman–Crippen LogP) is 2.34. The molecule has 0 saturated carbocycles. The van der Waals surface area contributed by atoms with Crippen molar-refractivity contribution in [2.75, 3.05) is 51.8 Å². The van der Waals surface area contributed by atoms with Crippen LogP contribution in [0.1, 0.15) is 18.4 Å². The Hall–Kier alpha value is -2.84. The Morgan fingerprint density at radius 2 is 1.83 bits per heavy atom. The van der Waals surface area contributed by atoms with Gasteiger partial charge in [-0.1, -0.05) is 0 Å². The van der Waals surface area contributed by atoms with Gasteiger partial charge in [-0.3, -0.25) is 15.2 Å². The number of hydroxylamine groups is 1. The van der Waals surface area contributed by atoms with Crippen LogP contribution in [0.25, 0.3) is 5.70 Å². The van der Waals surface area contributed by atoms with E-state index < -0.39 is 0 Å². The van der Waals surface area contributed by atoms with E-state index in [1.54, 1.807) is 26.6 Å². The van der Waals surface area contributed by atoms with Crippen molar-refractivity contribution in [3.8, 4) is 11.5 Å². The summed E-state index contributed by atoms with van der Waals surface area (Å²) in [4.78, 5) is 19.2. The van der Waals surface area contributed by atoms with Crippen LogP contribution in [0.3, 0.4) is 0 Å². The molecule has 1 fully saturated rings. The third-order valence-electron chi connectivity index (χ3n) is 5.54. The van der Waals surface area contributed by atoms with Crippen LogP contribution in [0.2, 0.25) is 0 Å². The van der Waals surface area contributed by atoms with Crippen LogP contribution in [-0.4, -0.2) is 67.9 Å². The predicted molar refractivity (Wildman–Crippen MR) is 115 cm³/mol. The quantitative estimate of drug-likeness (QED) is 0.710. The maximum atomic E-state index is 5.76. The van der Waals surface area contributed by atoms with Crippen molar-refractivity contribution >= 4 is 11.6 Å². The van der Waals surface area contributed by atoms with E-state index in [-0.39, 0.29) is 6.10 Å². The van der Waals surface area contributed by atoms with Crippen molar-refractivity contribution in [1.29, 1.82) is 0 Å². The summed E-state index contributed by atoms with van der Waals surface area (Å²) in [6.45, 7) is 5.08. The van der Waals surface area contributed by atoms with Crippen LogP contribution in [0.4, 0.5) is 5.95 Å². The van der Waals surface area contributed by atoms with Gasteiger partial charge in [0, 0.05) is 44.1 Å². The third-order valence-corrected chi connectivity index (χ3v) is 5.54. The molecule has 2 aromatic rings. The van der Waals surface area contributed by atoms with Crippen LogP contribution < -0.4 is 19.9 Å². The molecule has 30 heavy (non-hydrogen) atoms. The summed E-state index contributed by atoms with van der Waals surface area (Å²) in [5.74, 6) is 2.26. The number of benzene rings is 1. The van der Waals surface area contributed by atoms with E-state index in [2.05, 4.69) is 31.3 Å². The fourth-order valence-corrected chi connectivity index (χ4v) is 3.84. The fourth-order valence-electron chi connectivity index (χ4n) is 3.84. The molecule has 1 N–H and O–H groups in total. The van der Waals surface area contributed by atoms with Gasteiger partial charge in [0.1, 0.15) is 6.10 Å². The van der Waals surface area contributed by atoms with Crippen molar-refractivity contribution in [2.24, 2.45) is 0 Å².